The second-order valence-electron chi connectivity index (χ2n) is 7.34. The fourth-order valence-corrected chi connectivity index (χ4v) is 3.75. The molecule has 156 valence electrons. The van der Waals surface area contributed by atoms with E-state index >= 15 is 0 Å². The first kappa shape index (κ1) is 19.5. The molecule has 0 unspecified atom stereocenters. The smallest absolute Gasteiger partial charge is 0.288 e. The van der Waals surface area contributed by atoms with Gasteiger partial charge in [0.15, 0.2) is 11.5 Å². The summed E-state index contributed by atoms with van der Waals surface area (Å²) in [5, 5.41) is 4.64. The first-order valence-corrected chi connectivity index (χ1v) is 10.4. The van der Waals surface area contributed by atoms with E-state index in [9.17, 15) is 0 Å². The van der Waals surface area contributed by atoms with Crippen LogP contribution in [-0.4, -0.2) is 21.5 Å². The van der Waals surface area contributed by atoms with Crippen molar-refractivity contribution in [2.75, 3.05) is 6.79 Å². The van der Waals surface area contributed by atoms with Crippen LogP contribution in [0.3, 0.4) is 0 Å². The predicted octanol–water partition coefficient (Wildman–Crippen LogP) is 5.26. The maximum Gasteiger partial charge on any atom is 0.288 e. The summed E-state index contributed by atoms with van der Waals surface area (Å²) in [6.45, 7) is 2.27. The van der Waals surface area contributed by atoms with Crippen LogP contribution in [0, 0.1) is 4.84 Å². The Morgan fingerprint density at radius 3 is 2.16 bits per heavy atom. The average molecular weight is 432 g/mol. The average Bonchev–Trinajstić information content (AvgIpc) is 3.41. The fourth-order valence-electron chi connectivity index (χ4n) is 3.57. The molecule has 0 aliphatic carbocycles. The molecule has 7 heteroatoms. The van der Waals surface area contributed by atoms with E-state index < -0.39 is 0 Å². The van der Waals surface area contributed by atoms with Gasteiger partial charge >= 0.3 is 0 Å². The molecule has 0 radical (unpaired) electrons. The lowest BCUT2D eigenvalue weighted by Crippen LogP contribution is -2.26. The molecule has 5 rings (SSSR count). The molecule has 0 saturated carbocycles. The van der Waals surface area contributed by atoms with Gasteiger partial charge in [0.25, 0.3) is 4.84 Å². The second-order valence-corrected chi connectivity index (χ2v) is 7.69. The lowest BCUT2D eigenvalue weighted by molar-refractivity contribution is 0.174. The molecular weight excluding hydrogens is 410 g/mol. The highest BCUT2D eigenvalue weighted by Gasteiger charge is 2.18. The summed E-state index contributed by atoms with van der Waals surface area (Å²) in [6, 6.07) is 26.4. The van der Waals surface area contributed by atoms with Crippen LogP contribution in [0.15, 0.2) is 83.3 Å². The Morgan fingerprint density at radius 1 is 0.839 bits per heavy atom. The topological polar surface area (TPSA) is 52.7 Å². The van der Waals surface area contributed by atoms with Gasteiger partial charge in [-0.2, -0.15) is 0 Å². The highest BCUT2D eigenvalue weighted by atomic mass is 32.1. The number of benzene rings is 3. The summed E-state index contributed by atoms with van der Waals surface area (Å²) in [6.07, 6.45) is 0. The summed E-state index contributed by atoms with van der Waals surface area (Å²) in [4.78, 5) is 2.62. The van der Waals surface area contributed by atoms with E-state index in [1.54, 1.807) is 4.68 Å². The number of hydrogen-bond acceptors (Lipinski definition) is 6. The molecule has 0 spiro atoms. The van der Waals surface area contributed by atoms with Crippen LogP contribution in [0.2, 0.25) is 0 Å². The quantitative estimate of drug-likeness (QED) is 0.372. The van der Waals surface area contributed by atoms with Gasteiger partial charge in [-0.05, 0) is 41.5 Å². The maximum absolute atomic E-state index is 5.81. The van der Waals surface area contributed by atoms with Crippen LogP contribution in [0.4, 0.5) is 0 Å². The van der Waals surface area contributed by atoms with Crippen LogP contribution in [0.25, 0.3) is 11.5 Å². The SMILES string of the molecule is S=c1oc(-c2ccc3c(c2)OCO3)nn1CN(Cc1ccccc1)Cc1ccccc1. The van der Waals surface area contributed by atoms with Gasteiger partial charge < -0.3 is 13.9 Å². The molecule has 0 amide bonds. The van der Waals surface area contributed by atoms with E-state index in [-0.39, 0.29) is 6.79 Å². The van der Waals surface area contributed by atoms with Crippen molar-refractivity contribution in [2.24, 2.45) is 0 Å². The van der Waals surface area contributed by atoms with Gasteiger partial charge in [0.2, 0.25) is 12.7 Å². The number of fused-ring (bicyclic) bond motifs is 1. The highest BCUT2D eigenvalue weighted by molar-refractivity contribution is 7.71. The van der Waals surface area contributed by atoms with Gasteiger partial charge in [0, 0.05) is 18.7 Å². The largest absolute Gasteiger partial charge is 0.454 e. The molecule has 0 atom stereocenters. The van der Waals surface area contributed by atoms with Crippen LogP contribution in [0.5, 0.6) is 11.5 Å². The van der Waals surface area contributed by atoms with Crippen molar-refractivity contribution in [3.05, 3.63) is 94.8 Å². The van der Waals surface area contributed by atoms with Crippen LogP contribution >= 0.6 is 12.2 Å². The molecular formula is C24H21N3O3S. The zero-order valence-corrected chi connectivity index (χ0v) is 17.6. The Kier molecular flexibility index (Phi) is 5.52. The van der Waals surface area contributed by atoms with Gasteiger partial charge in [0.05, 0.1) is 6.67 Å². The maximum atomic E-state index is 5.81. The minimum atomic E-state index is 0.227. The van der Waals surface area contributed by atoms with Gasteiger partial charge in [-0.25, -0.2) is 4.68 Å². The Bertz CT molecular complexity index is 1180. The summed E-state index contributed by atoms with van der Waals surface area (Å²) < 4.78 is 18.4. The second kappa shape index (κ2) is 8.75. The molecule has 4 aromatic rings. The highest BCUT2D eigenvalue weighted by Crippen LogP contribution is 2.35. The van der Waals surface area contributed by atoms with E-state index in [1.165, 1.54) is 11.1 Å². The van der Waals surface area contributed by atoms with Gasteiger partial charge in [-0.3, -0.25) is 4.90 Å². The van der Waals surface area contributed by atoms with Gasteiger partial charge in [-0.15, -0.1) is 5.10 Å². The standard InChI is InChI=1S/C24H21N3O3S/c31-24-27(25-23(30-24)20-11-12-21-22(13-20)29-17-28-21)16-26(14-18-7-3-1-4-8-18)15-19-9-5-2-6-10-19/h1-13H,14-17H2. The van der Waals surface area contributed by atoms with Crippen molar-refractivity contribution >= 4 is 12.2 Å². The third-order valence-electron chi connectivity index (χ3n) is 5.06. The first-order valence-electron chi connectivity index (χ1n) is 10.0. The monoisotopic (exact) mass is 431 g/mol. The summed E-state index contributed by atoms with van der Waals surface area (Å²) >= 11 is 5.47. The lowest BCUT2D eigenvalue weighted by atomic mass is 10.2. The van der Waals surface area contributed by atoms with E-state index in [0.29, 0.717) is 23.1 Å². The number of rotatable bonds is 7. The van der Waals surface area contributed by atoms with Crippen molar-refractivity contribution < 1.29 is 13.9 Å². The van der Waals surface area contributed by atoms with E-state index in [1.807, 2.05) is 30.3 Å². The number of hydrogen-bond donors (Lipinski definition) is 0. The molecule has 2 heterocycles. The number of nitrogens with zero attached hydrogens (tertiary/aromatic N) is 3. The minimum absolute atomic E-state index is 0.227. The molecule has 3 aromatic carbocycles. The van der Waals surface area contributed by atoms with Crippen LogP contribution < -0.4 is 9.47 Å². The number of ether oxygens (including phenoxy) is 2. The third-order valence-corrected chi connectivity index (χ3v) is 5.35. The molecule has 0 saturated heterocycles. The molecule has 1 aliphatic heterocycles. The zero-order valence-electron chi connectivity index (χ0n) is 16.8. The molecule has 0 N–H and O–H groups in total. The molecule has 0 fully saturated rings. The normalized spacial score (nSPS) is 12.4. The van der Waals surface area contributed by atoms with Gasteiger partial charge in [-0.1, -0.05) is 60.7 Å². The van der Waals surface area contributed by atoms with Crippen LogP contribution in [0.1, 0.15) is 11.1 Å². The molecule has 6 nitrogen and oxygen atoms in total. The molecule has 31 heavy (non-hydrogen) atoms. The van der Waals surface area contributed by atoms with Crippen molar-refractivity contribution in [1.82, 2.24) is 14.7 Å². The lowest BCUT2D eigenvalue weighted by Gasteiger charge is -2.22. The summed E-state index contributed by atoms with van der Waals surface area (Å²) in [5.74, 6) is 1.87. The zero-order chi connectivity index (χ0) is 21.0. The van der Waals surface area contributed by atoms with Crippen molar-refractivity contribution in [3.63, 3.8) is 0 Å². The predicted molar refractivity (Wildman–Crippen MR) is 119 cm³/mol. The van der Waals surface area contributed by atoms with Crippen LogP contribution in [-0.2, 0) is 19.8 Å². The van der Waals surface area contributed by atoms with Gasteiger partial charge in [0.1, 0.15) is 0 Å². The Labute approximate surface area is 185 Å². The fraction of sp³-hybridized carbons (Fsp3) is 0.167. The summed E-state index contributed by atoms with van der Waals surface area (Å²) in [5.41, 5.74) is 3.25. The van der Waals surface area contributed by atoms with Crippen molar-refractivity contribution in [1.29, 1.82) is 0 Å². The Morgan fingerprint density at radius 2 is 1.48 bits per heavy atom. The van der Waals surface area contributed by atoms with Crippen molar-refractivity contribution in [2.45, 2.75) is 19.8 Å². The number of aromatic nitrogens is 2. The van der Waals surface area contributed by atoms with Crippen molar-refractivity contribution in [3.8, 4) is 23.0 Å². The minimum Gasteiger partial charge on any atom is -0.454 e. The molecule has 1 aliphatic rings. The Hall–Kier alpha value is -3.42. The Balaban J connectivity index is 1.40. The summed E-state index contributed by atoms with van der Waals surface area (Å²) in [7, 11) is 0. The van der Waals surface area contributed by atoms with E-state index in [2.05, 4.69) is 58.5 Å². The third kappa shape index (κ3) is 4.52. The molecule has 0 bridgehead atoms. The van der Waals surface area contributed by atoms with E-state index in [4.69, 9.17) is 26.1 Å². The first-order chi connectivity index (χ1) is 15.2. The van der Waals surface area contributed by atoms with E-state index in [0.717, 1.165) is 24.4 Å². The molecule has 1 aromatic heterocycles.